The topological polar surface area (TPSA) is 46.2 Å². The molecular weight excluding hydrogens is 206 g/mol. The van der Waals surface area contributed by atoms with Gasteiger partial charge in [-0.3, -0.25) is 0 Å². The van der Waals surface area contributed by atoms with Gasteiger partial charge in [-0.25, -0.2) is 0 Å². The molecule has 0 aliphatic rings. The van der Waals surface area contributed by atoms with Crippen LogP contribution in [0.4, 0.5) is 0 Å². The minimum atomic E-state index is -0.280. The molecule has 1 aromatic rings. The second-order valence-electron chi connectivity index (χ2n) is 3.80. The SMILES string of the molecule is CC(O)C(C)SCC(N)c1ccccc1. The molecule has 0 aliphatic heterocycles. The first-order valence-corrected chi connectivity index (χ1v) is 6.26. The molecule has 3 heteroatoms. The Hall–Kier alpha value is -0.510. The molecule has 0 saturated carbocycles. The molecule has 3 N–H and O–H groups in total. The highest BCUT2D eigenvalue weighted by atomic mass is 32.2. The van der Waals surface area contributed by atoms with Crippen LogP contribution in [0.2, 0.25) is 0 Å². The molecule has 1 rings (SSSR count). The Labute approximate surface area is 95.9 Å². The van der Waals surface area contributed by atoms with E-state index in [4.69, 9.17) is 5.73 Å². The van der Waals surface area contributed by atoms with E-state index in [1.807, 2.05) is 44.2 Å². The quantitative estimate of drug-likeness (QED) is 0.807. The summed E-state index contributed by atoms with van der Waals surface area (Å²) in [7, 11) is 0. The van der Waals surface area contributed by atoms with Gasteiger partial charge in [-0.15, -0.1) is 0 Å². The Morgan fingerprint density at radius 3 is 2.40 bits per heavy atom. The first-order chi connectivity index (χ1) is 7.11. The third kappa shape index (κ3) is 4.24. The Kier molecular flexibility index (Phi) is 5.15. The fraction of sp³-hybridized carbons (Fsp3) is 0.500. The molecule has 0 fully saturated rings. The second-order valence-corrected chi connectivity index (χ2v) is 5.21. The highest BCUT2D eigenvalue weighted by Crippen LogP contribution is 2.20. The van der Waals surface area contributed by atoms with Crippen molar-refractivity contribution in [3.63, 3.8) is 0 Å². The standard InChI is InChI=1S/C12H19NOS/c1-9(14)10(2)15-8-12(13)11-6-4-3-5-7-11/h3-7,9-10,12,14H,8,13H2,1-2H3. The van der Waals surface area contributed by atoms with Crippen LogP contribution in [0.15, 0.2) is 30.3 Å². The van der Waals surface area contributed by atoms with Gasteiger partial charge >= 0.3 is 0 Å². The summed E-state index contributed by atoms with van der Waals surface area (Å²) in [5.74, 6) is 0.843. The third-order valence-electron chi connectivity index (χ3n) is 2.45. The van der Waals surface area contributed by atoms with Crippen molar-refractivity contribution in [3.05, 3.63) is 35.9 Å². The summed E-state index contributed by atoms with van der Waals surface area (Å²) in [6, 6.07) is 10.1. The van der Waals surface area contributed by atoms with E-state index in [9.17, 15) is 5.11 Å². The average molecular weight is 225 g/mol. The van der Waals surface area contributed by atoms with Crippen molar-refractivity contribution in [3.8, 4) is 0 Å². The number of thioether (sulfide) groups is 1. The van der Waals surface area contributed by atoms with E-state index >= 15 is 0 Å². The van der Waals surface area contributed by atoms with Gasteiger partial charge in [-0.2, -0.15) is 11.8 Å². The van der Waals surface area contributed by atoms with Crippen LogP contribution < -0.4 is 5.73 Å². The Bertz CT molecular complexity index is 276. The van der Waals surface area contributed by atoms with Crippen LogP contribution in [-0.4, -0.2) is 22.2 Å². The van der Waals surface area contributed by atoms with Gasteiger partial charge in [0.25, 0.3) is 0 Å². The maximum atomic E-state index is 9.34. The van der Waals surface area contributed by atoms with Crippen molar-refractivity contribution in [2.24, 2.45) is 5.73 Å². The summed E-state index contributed by atoms with van der Waals surface area (Å²) in [5.41, 5.74) is 7.20. The van der Waals surface area contributed by atoms with Crippen molar-refractivity contribution >= 4 is 11.8 Å². The van der Waals surface area contributed by atoms with E-state index in [1.165, 1.54) is 0 Å². The minimum absolute atomic E-state index is 0.0531. The van der Waals surface area contributed by atoms with Gasteiger partial charge in [0, 0.05) is 17.0 Å². The predicted octanol–water partition coefficient (Wildman–Crippen LogP) is 2.19. The number of aliphatic hydroxyl groups is 1. The van der Waals surface area contributed by atoms with Gasteiger partial charge in [0.05, 0.1) is 6.10 Å². The fourth-order valence-corrected chi connectivity index (χ4v) is 2.17. The van der Waals surface area contributed by atoms with Gasteiger partial charge in [0.2, 0.25) is 0 Å². The fourth-order valence-electron chi connectivity index (χ4n) is 1.19. The zero-order valence-corrected chi connectivity index (χ0v) is 10.1. The molecule has 1 aromatic carbocycles. The van der Waals surface area contributed by atoms with Crippen LogP contribution in [0.1, 0.15) is 25.5 Å². The van der Waals surface area contributed by atoms with E-state index in [2.05, 4.69) is 0 Å². The van der Waals surface area contributed by atoms with Gasteiger partial charge < -0.3 is 10.8 Å². The van der Waals surface area contributed by atoms with Crippen LogP contribution in [0.3, 0.4) is 0 Å². The molecule has 2 nitrogen and oxygen atoms in total. The third-order valence-corrected chi connectivity index (χ3v) is 3.92. The number of benzene rings is 1. The van der Waals surface area contributed by atoms with Crippen molar-refractivity contribution in [1.29, 1.82) is 0 Å². The number of nitrogens with two attached hydrogens (primary N) is 1. The van der Waals surface area contributed by atoms with Crippen LogP contribution in [0, 0.1) is 0 Å². The molecule has 3 atom stereocenters. The molecule has 0 saturated heterocycles. The lowest BCUT2D eigenvalue weighted by molar-refractivity contribution is 0.196. The highest BCUT2D eigenvalue weighted by molar-refractivity contribution is 7.99. The lowest BCUT2D eigenvalue weighted by Crippen LogP contribution is -2.20. The van der Waals surface area contributed by atoms with Crippen molar-refractivity contribution in [2.45, 2.75) is 31.2 Å². The zero-order valence-electron chi connectivity index (χ0n) is 9.26. The summed E-state index contributed by atoms with van der Waals surface area (Å²) < 4.78 is 0. The number of rotatable bonds is 5. The van der Waals surface area contributed by atoms with Crippen molar-refractivity contribution in [2.75, 3.05) is 5.75 Å². The molecule has 0 radical (unpaired) electrons. The summed E-state index contributed by atoms with van der Waals surface area (Å²) in [5, 5.41) is 9.58. The maximum Gasteiger partial charge on any atom is 0.0628 e. The van der Waals surface area contributed by atoms with Crippen LogP contribution in [0.5, 0.6) is 0 Å². The van der Waals surface area contributed by atoms with Crippen LogP contribution in [0.25, 0.3) is 0 Å². The zero-order chi connectivity index (χ0) is 11.3. The first-order valence-electron chi connectivity index (χ1n) is 5.21. The molecule has 0 aliphatic carbocycles. The van der Waals surface area contributed by atoms with Gasteiger partial charge in [-0.05, 0) is 12.5 Å². The van der Waals surface area contributed by atoms with Crippen LogP contribution >= 0.6 is 11.8 Å². The van der Waals surface area contributed by atoms with Gasteiger partial charge in [-0.1, -0.05) is 37.3 Å². The highest BCUT2D eigenvalue weighted by Gasteiger charge is 2.12. The van der Waals surface area contributed by atoms with E-state index in [1.54, 1.807) is 11.8 Å². The lowest BCUT2D eigenvalue weighted by atomic mass is 10.1. The van der Waals surface area contributed by atoms with Crippen molar-refractivity contribution < 1.29 is 5.11 Å². The Balaban J connectivity index is 2.40. The van der Waals surface area contributed by atoms with E-state index < -0.39 is 0 Å². The number of hydrogen-bond acceptors (Lipinski definition) is 3. The lowest BCUT2D eigenvalue weighted by Gasteiger charge is -2.17. The normalized spacial score (nSPS) is 17.1. The predicted molar refractivity (Wildman–Crippen MR) is 67.0 cm³/mol. The molecule has 0 aromatic heterocycles. The summed E-state index contributed by atoms with van der Waals surface area (Å²) in [6.07, 6.45) is -0.280. The summed E-state index contributed by atoms with van der Waals surface area (Å²) in [6.45, 7) is 3.83. The largest absolute Gasteiger partial charge is 0.392 e. The van der Waals surface area contributed by atoms with E-state index in [-0.39, 0.29) is 17.4 Å². The smallest absolute Gasteiger partial charge is 0.0628 e. The molecule has 0 bridgehead atoms. The molecule has 0 heterocycles. The molecule has 3 unspecified atom stereocenters. The summed E-state index contributed by atoms with van der Waals surface area (Å²) in [4.78, 5) is 0. The Morgan fingerprint density at radius 2 is 1.87 bits per heavy atom. The second kappa shape index (κ2) is 6.16. The van der Waals surface area contributed by atoms with Gasteiger partial charge in [0.15, 0.2) is 0 Å². The van der Waals surface area contributed by atoms with Crippen molar-refractivity contribution in [1.82, 2.24) is 0 Å². The number of hydrogen-bond donors (Lipinski definition) is 2. The molecule has 0 amide bonds. The summed E-state index contributed by atoms with van der Waals surface area (Å²) >= 11 is 1.71. The molecule has 84 valence electrons. The number of aliphatic hydroxyl groups excluding tert-OH is 1. The molecule has 15 heavy (non-hydrogen) atoms. The Morgan fingerprint density at radius 1 is 1.27 bits per heavy atom. The van der Waals surface area contributed by atoms with Crippen LogP contribution in [-0.2, 0) is 0 Å². The van der Waals surface area contributed by atoms with E-state index in [0.29, 0.717) is 0 Å². The van der Waals surface area contributed by atoms with Gasteiger partial charge in [0.1, 0.15) is 0 Å². The van der Waals surface area contributed by atoms with E-state index in [0.717, 1.165) is 11.3 Å². The first kappa shape index (κ1) is 12.6. The average Bonchev–Trinajstić information content (AvgIpc) is 2.26. The minimum Gasteiger partial charge on any atom is -0.392 e. The molecule has 0 spiro atoms. The maximum absolute atomic E-state index is 9.34. The molecular formula is C12H19NOS. The monoisotopic (exact) mass is 225 g/mol.